The summed E-state index contributed by atoms with van der Waals surface area (Å²) in [5, 5.41) is 5.22. The van der Waals surface area contributed by atoms with Crippen LogP contribution in [-0.2, 0) is 11.2 Å². The number of carbonyl (C=O) groups is 3. The molecule has 2 aromatic rings. The van der Waals surface area contributed by atoms with Gasteiger partial charge in [0.05, 0.1) is 17.7 Å². The zero-order valence-electron chi connectivity index (χ0n) is 17.1. The molecule has 0 saturated heterocycles. The highest BCUT2D eigenvalue weighted by Gasteiger charge is 2.38. The zero-order chi connectivity index (χ0) is 20.9. The van der Waals surface area contributed by atoms with Crippen molar-refractivity contribution in [2.24, 2.45) is 5.41 Å². The van der Waals surface area contributed by atoms with E-state index in [9.17, 15) is 14.4 Å². The number of fused-ring (bicyclic) bond motifs is 1. The number of furan rings is 1. The molecule has 1 amide bonds. The summed E-state index contributed by atoms with van der Waals surface area (Å²) in [7, 11) is 0. The number of rotatable bonds is 5. The van der Waals surface area contributed by atoms with Crippen LogP contribution in [0, 0.1) is 12.3 Å². The third kappa shape index (κ3) is 3.64. The lowest BCUT2D eigenvalue weighted by Gasteiger charge is -2.27. The van der Waals surface area contributed by atoms with E-state index < -0.39 is 11.9 Å². The number of anilines is 1. The minimum absolute atomic E-state index is 0.0101. The first-order chi connectivity index (χ1) is 13.7. The topological polar surface area (TPSA) is 85.6 Å². The largest absolute Gasteiger partial charge is 0.462 e. The number of hydrogen-bond acceptors (Lipinski definition) is 6. The zero-order valence-corrected chi connectivity index (χ0v) is 18.0. The van der Waals surface area contributed by atoms with Crippen LogP contribution in [0.15, 0.2) is 9.80 Å². The molecule has 0 spiro atoms. The minimum Gasteiger partial charge on any atom is -0.462 e. The predicted octanol–water partition coefficient (Wildman–Crippen LogP) is 5.11. The molecule has 2 aliphatic carbocycles. The Morgan fingerprint density at radius 2 is 2.03 bits per heavy atom. The first kappa shape index (κ1) is 19.9. The van der Waals surface area contributed by atoms with E-state index >= 15 is 0 Å². The van der Waals surface area contributed by atoms with Crippen LogP contribution < -0.4 is 5.32 Å². The van der Waals surface area contributed by atoms with Gasteiger partial charge in [0.15, 0.2) is 11.5 Å². The molecule has 0 aromatic carbocycles. The second-order valence-corrected chi connectivity index (χ2v) is 9.52. The summed E-state index contributed by atoms with van der Waals surface area (Å²) in [6, 6.07) is 0. The molecule has 2 heterocycles. The number of hydrogen-bond donors (Lipinski definition) is 1. The predicted molar refractivity (Wildman–Crippen MR) is 110 cm³/mol. The van der Waals surface area contributed by atoms with Crippen LogP contribution in [0.5, 0.6) is 0 Å². The van der Waals surface area contributed by atoms with E-state index in [1.165, 1.54) is 11.3 Å². The van der Waals surface area contributed by atoms with Crippen LogP contribution in [0.25, 0.3) is 0 Å². The smallest absolute Gasteiger partial charge is 0.341 e. The average molecular weight is 416 g/mol. The normalized spacial score (nSPS) is 17.7. The number of esters is 1. The van der Waals surface area contributed by atoms with Crippen molar-refractivity contribution in [3.63, 3.8) is 0 Å². The fourth-order valence-electron chi connectivity index (χ4n) is 4.03. The minimum atomic E-state index is -0.447. The Morgan fingerprint density at radius 3 is 2.69 bits per heavy atom. The molecule has 1 fully saturated rings. The van der Waals surface area contributed by atoms with E-state index in [0.29, 0.717) is 46.2 Å². The highest BCUT2D eigenvalue weighted by Crippen LogP contribution is 2.46. The molecule has 7 heteroatoms. The summed E-state index contributed by atoms with van der Waals surface area (Å²) in [4.78, 5) is 38.1. The molecule has 1 saturated carbocycles. The Kier molecular flexibility index (Phi) is 4.89. The molecule has 0 atom stereocenters. The number of ketones is 1. The number of Topliss-reactive ketones (excluding diaryl/α,β-unsaturated/α-hetero) is 1. The fourth-order valence-corrected chi connectivity index (χ4v) is 5.06. The molecule has 0 bridgehead atoms. The van der Waals surface area contributed by atoms with Gasteiger partial charge in [-0.2, -0.15) is 0 Å². The van der Waals surface area contributed by atoms with Gasteiger partial charge >= 0.3 is 5.97 Å². The Labute approximate surface area is 173 Å². The van der Waals surface area contributed by atoms with Crippen molar-refractivity contribution in [3.05, 3.63) is 39.2 Å². The number of amides is 1. The summed E-state index contributed by atoms with van der Waals surface area (Å²) >= 11 is 1.32. The Balaban J connectivity index is 1.65. The molecule has 0 unspecified atom stereocenters. The maximum absolute atomic E-state index is 13.0. The van der Waals surface area contributed by atoms with Gasteiger partial charge in [0.25, 0.3) is 5.91 Å². The molecule has 2 aromatic heterocycles. The van der Waals surface area contributed by atoms with Crippen LogP contribution >= 0.6 is 11.3 Å². The molecule has 0 aliphatic heterocycles. The van der Waals surface area contributed by atoms with Crippen LogP contribution in [0.1, 0.15) is 94.1 Å². The first-order valence-electron chi connectivity index (χ1n) is 9.97. The fraction of sp³-hybridized carbons (Fsp3) is 0.500. The first-order valence-corrected chi connectivity index (χ1v) is 10.8. The molecule has 1 N–H and O–H groups in total. The van der Waals surface area contributed by atoms with Gasteiger partial charge in [-0.1, -0.05) is 13.8 Å². The second-order valence-electron chi connectivity index (χ2n) is 8.64. The lowest BCUT2D eigenvalue weighted by Crippen LogP contribution is -2.26. The molecule has 154 valence electrons. The summed E-state index contributed by atoms with van der Waals surface area (Å²) in [5.74, 6) is 0.210. The van der Waals surface area contributed by atoms with Crippen LogP contribution in [0.4, 0.5) is 5.00 Å². The van der Waals surface area contributed by atoms with Gasteiger partial charge < -0.3 is 14.5 Å². The maximum atomic E-state index is 13.0. The van der Waals surface area contributed by atoms with Crippen molar-refractivity contribution in [1.82, 2.24) is 0 Å². The summed E-state index contributed by atoms with van der Waals surface area (Å²) < 4.78 is 11.1. The van der Waals surface area contributed by atoms with Gasteiger partial charge in [-0.05, 0) is 49.0 Å². The lowest BCUT2D eigenvalue weighted by atomic mass is 9.76. The average Bonchev–Trinajstić information content (AvgIpc) is 3.30. The molecule has 6 nitrogen and oxygen atoms in total. The standard InChI is InChI=1S/C22H25NO5S/c1-5-27-21(26)17-13(12-6-7-12)10-29-20(17)23-19(25)18-11(2)16-14(24)8-22(3,4)9-15(16)28-18/h10,12H,5-9H2,1-4H3,(H,23,25). The van der Waals surface area contributed by atoms with Gasteiger partial charge in [-0.25, -0.2) is 4.79 Å². The van der Waals surface area contributed by atoms with Crippen LogP contribution in [-0.4, -0.2) is 24.3 Å². The van der Waals surface area contributed by atoms with Crippen LogP contribution in [0.2, 0.25) is 0 Å². The molecule has 2 aliphatic rings. The Hall–Kier alpha value is -2.41. The second kappa shape index (κ2) is 7.13. The van der Waals surface area contributed by atoms with Crippen molar-refractivity contribution in [2.75, 3.05) is 11.9 Å². The van der Waals surface area contributed by atoms with E-state index in [1.807, 2.05) is 19.2 Å². The van der Waals surface area contributed by atoms with Gasteiger partial charge in [0, 0.05) is 18.4 Å². The number of nitrogens with one attached hydrogen (secondary N) is 1. The Bertz CT molecular complexity index is 1010. The van der Waals surface area contributed by atoms with E-state index in [0.717, 1.165) is 18.4 Å². The third-order valence-electron chi connectivity index (χ3n) is 5.53. The molecule has 4 rings (SSSR count). The number of carbonyl (C=O) groups excluding carboxylic acids is 3. The molecular formula is C22H25NO5S. The van der Waals surface area contributed by atoms with Crippen molar-refractivity contribution in [3.8, 4) is 0 Å². The van der Waals surface area contributed by atoms with Crippen molar-refractivity contribution in [2.45, 2.75) is 59.3 Å². The summed E-state index contributed by atoms with van der Waals surface area (Å²) in [6.07, 6.45) is 3.13. The number of ether oxygens (including phenoxy) is 1. The lowest BCUT2D eigenvalue weighted by molar-refractivity contribution is 0.0526. The highest BCUT2D eigenvalue weighted by atomic mass is 32.1. The van der Waals surface area contributed by atoms with Crippen molar-refractivity contribution >= 4 is 34.0 Å². The quantitative estimate of drug-likeness (QED) is 0.686. The summed E-state index contributed by atoms with van der Waals surface area (Å²) in [5.41, 5.74) is 2.29. The van der Waals surface area contributed by atoms with E-state index in [2.05, 4.69) is 5.32 Å². The van der Waals surface area contributed by atoms with Gasteiger partial charge in [0.2, 0.25) is 0 Å². The van der Waals surface area contributed by atoms with E-state index in [-0.39, 0.29) is 23.6 Å². The van der Waals surface area contributed by atoms with Crippen molar-refractivity contribution < 1.29 is 23.5 Å². The van der Waals surface area contributed by atoms with Gasteiger partial charge in [-0.3, -0.25) is 9.59 Å². The third-order valence-corrected chi connectivity index (χ3v) is 6.44. The van der Waals surface area contributed by atoms with Crippen LogP contribution in [0.3, 0.4) is 0 Å². The molecular weight excluding hydrogens is 390 g/mol. The number of thiophene rings is 1. The van der Waals surface area contributed by atoms with Crippen molar-refractivity contribution in [1.29, 1.82) is 0 Å². The molecule has 29 heavy (non-hydrogen) atoms. The van der Waals surface area contributed by atoms with E-state index in [1.54, 1.807) is 13.8 Å². The monoisotopic (exact) mass is 415 g/mol. The highest BCUT2D eigenvalue weighted by molar-refractivity contribution is 7.15. The van der Waals surface area contributed by atoms with Gasteiger partial charge in [0.1, 0.15) is 10.8 Å². The van der Waals surface area contributed by atoms with Gasteiger partial charge in [-0.15, -0.1) is 11.3 Å². The van der Waals surface area contributed by atoms with E-state index in [4.69, 9.17) is 9.15 Å². The Morgan fingerprint density at radius 1 is 1.31 bits per heavy atom. The molecule has 0 radical (unpaired) electrons. The summed E-state index contributed by atoms with van der Waals surface area (Å²) in [6.45, 7) is 7.80. The SMILES string of the molecule is CCOC(=O)c1c(C2CC2)csc1NC(=O)c1oc2c(c1C)C(=O)CC(C)(C)C2. The maximum Gasteiger partial charge on any atom is 0.341 e.